The molecule has 1 nitrogen and oxygen atoms in total. The van der Waals surface area contributed by atoms with Crippen LogP contribution in [0.1, 0.15) is 5.56 Å². The maximum absolute atomic E-state index is 13.0. The summed E-state index contributed by atoms with van der Waals surface area (Å²) in [5.74, 6) is 0.560. The summed E-state index contributed by atoms with van der Waals surface area (Å²) >= 11 is 0. The van der Waals surface area contributed by atoms with Gasteiger partial charge in [-0.1, -0.05) is 6.08 Å². The van der Waals surface area contributed by atoms with Crippen LogP contribution in [-0.4, -0.2) is 8.32 Å². The molecule has 0 heterocycles. The Morgan fingerprint density at radius 3 is 2.60 bits per heavy atom. The fourth-order valence-corrected chi connectivity index (χ4v) is 2.15. The lowest BCUT2D eigenvalue weighted by atomic mass is 10.1. The van der Waals surface area contributed by atoms with E-state index >= 15 is 0 Å². The van der Waals surface area contributed by atoms with Crippen molar-refractivity contribution in [3.05, 3.63) is 42.2 Å². The van der Waals surface area contributed by atoms with Gasteiger partial charge in [-0.05, 0) is 49.8 Å². The van der Waals surface area contributed by atoms with Gasteiger partial charge in [0, 0.05) is 0 Å². The summed E-state index contributed by atoms with van der Waals surface area (Å²) in [4.78, 5) is 0. The first-order valence-electron chi connectivity index (χ1n) is 5.01. The smallest absolute Gasteiger partial charge is 0.242 e. The Kier molecular flexibility index (Phi) is 3.69. The van der Waals surface area contributed by atoms with Gasteiger partial charge in [0.15, 0.2) is 0 Å². The molecule has 1 aromatic carbocycles. The molecule has 0 radical (unpaired) electrons. The van der Waals surface area contributed by atoms with E-state index in [-0.39, 0.29) is 5.82 Å². The molecule has 1 rings (SSSR count). The van der Waals surface area contributed by atoms with E-state index in [1.54, 1.807) is 12.1 Å². The number of halogens is 1. The summed E-state index contributed by atoms with van der Waals surface area (Å²) in [6.07, 6.45) is 2.39. The number of benzene rings is 1. The summed E-state index contributed by atoms with van der Waals surface area (Å²) in [6, 6.07) is 4.64. The fourth-order valence-electron chi connectivity index (χ4n) is 1.29. The maximum Gasteiger partial charge on any atom is 0.242 e. The van der Waals surface area contributed by atoms with Gasteiger partial charge >= 0.3 is 0 Å². The van der Waals surface area contributed by atoms with E-state index in [2.05, 4.69) is 26.2 Å². The second kappa shape index (κ2) is 4.62. The first kappa shape index (κ1) is 12.0. The largest absolute Gasteiger partial charge is 0.544 e. The molecule has 0 saturated heterocycles. The van der Waals surface area contributed by atoms with E-state index in [1.807, 2.05) is 0 Å². The molecule has 0 aliphatic carbocycles. The van der Waals surface area contributed by atoms with Crippen LogP contribution in [0.5, 0.6) is 5.75 Å². The predicted molar refractivity (Wildman–Crippen MR) is 64.3 cm³/mol. The third-order valence-electron chi connectivity index (χ3n) is 1.80. The lowest BCUT2D eigenvalue weighted by molar-refractivity contribution is 0.545. The summed E-state index contributed by atoms with van der Waals surface area (Å²) in [5, 5.41) is 0. The highest BCUT2D eigenvalue weighted by Crippen LogP contribution is 2.23. The molecule has 0 unspecified atom stereocenters. The molecule has 3 heteroatoms. The average molecular weight is 224 g/mol. The average Bonchev–Trinajstić information content (AvgIpc) is 2.08. The summed E-state index contributed by atoms with van der Waals surface area (Å²) < 4.78 is 18.9. The van der Waals surface area contributed by atoms with Crippen molar-refractivity contribution in [2.45, 2.75) is 26.1 Å². The molecule has 1 aromatic rings. The van der Waals surface area contributed by atoms with Crippen LogP contribution < -0.4 is 4.43 Å². The number of allylic oxidation sites excluding steroid dienone is 1. The molecule has 82 valence electrons. The van der Waals surface area contributed by atoms with Gasteiger partial charge in [-0.3, -0.25) is 0 Å². The first-order chi connectivity index (χ1) is 6.92. The summed E-state index contributed by atoms with van der Waals surface area (Å²) in [6.45, 7) is 9.97. The Bertz CT molecular complexity index is 355. The van der Waals surface area contributed by atoms with Gasteiger partial charge in [0.1, 0.15) is 11.6 Å². The zero-order valence-electron chi connectivity index (χ0n) is 9.51. The third-order valence-corrected chi connectivity index (χ3v) is 2.64. The van der Waals surface area contributed by atoms with Gasteiger partial charge in [0.2, 0.25) is 8.32 Å². The molecule has 0 atom stereocenters. The predicted octanol–water partition coefficient (Wildman–Crippen LogP) is 3.77. The Balaban J connectivity index is 3.00. The molecular formula is C12H17FOSi. The van der Waals surface area contributed by atoms with Crippen LogP contribution in [-0.2, 0) is 6.42 Å². The van der Waals surface area contributed by atoms with Crippen LogP contribution in [0.3, 0.4) is 0 Å². The quantitative estimate of drug-likeness (QED) is 0.559. The van der Waals surface area contributed by atoms with Crippen LogP contribution in [0.25, 0.3) is 0 Å². The minimum atomic E-state index is -1.63. The van der Waals surface area contributed by atoms with Crippen LogP contribution in [0.15, 0.2) is 30.9 Å². The molecule has 0 fully saturated rings. The van der Waals surface area contributed by atoms with Gasteiger partial charge in [-0.2, -0.15) is 0 Å². The summed E-state index contributed by atoms with van der Waals surface area (Å²) in [7, 11) is -1.63. The van der Waals surface area contributed by atoms with Crippen LogP contribution >= 0.6 is 0 Å². The van der Waals surface area contributed by atoms with Crippen molar-refractivity contribution in [1.29, 1.82) is 0 Å². The lowest BCUT2D eigenvalue weighted by Gasteiger charge is -2.21. The van der Waals surface area contributed by atoms with Crippen LogP contribution in [0.2, 0.25) is 19.6 Å². The van der Waals surface area contributed by atoms with Crippen molar-refractivity contribution >= 4 is 8.32 Å². The van der Waals surface area contributed by atoms with Gasteiger partial charge in [0.05, 0.1) is 0 Å². The Morgan fingerprint density at radius 1 is 1.40 bits per heavy atom. The fraction of sp³-hybridized carbons (Fsp3) is 0.333. The molecule has 15 heavy (non-hydrogen) atoms. The van der Waals surface area contributed by atoms with Gasteiger partial charge in [-0.15, -0.1) is 6.58 Å². The van der Waals surface area contributed by atoms with E-state index in [0.717, 1.165) is 11.3 Å². The minimum absolute atomic E-state index is 0.227. The molecule has 0 bridgehead atoms. The highest BCUT2D eigenvalue weighted by molar-refractivity contribution is 6.70. The number of rotatable bonds is 4. The zero-order valence-corrected chi connectivity index (χ0v) is 10.5. The topological polar surface area (TPSA) is 9.23 Å². The first-order valence-corrected chi connectivity index (χ1v) is 8.41. The zero-order chi connectivity index (χ0) is 11.5. The van der Waals surface area contributed by atoms with Crippen LogP contribution in [0.4, 0.5) is 4.39 Å². The summed E-state index contributed by atoms with van der Waals surface area (Å²) in [5.41, 5.74) is 0.868. The molecule has 0 saturated carbocycles. The second-order valence-electron chi connectivity index (χ2n) is 4.46. The highest BCUT2D eigenvalue weighted by Gasteiger charge is 2.18. The van der Waals surface area contributed by atoms with E-state index in [9.17, 15) is 4.39 Å². The molecule has 0 N–H and O–H groups in total. The van der Waals surface area contributed by atoms with E-state index in [0.29, 0.717) is 6.42 Å². The van der Waals surface area contributed by atoms with Crippen LogP contribution in [0, 0.1) is 5.82 Å². The van der Waals surface area contributed by atoms with Crippen molar-refractivity contribution in [1.82, 2.24) is 0 Å². The monoisotopic (exact) mass is 224 g/mol. The Labute approximate surface area is 91.7 Å². The van der Waals surface area contributed by atoms with Crippen molar-refractivity contribution in [2.24, 2.45) is 0 Å². The minimum Gasteiger partial charge on any atom is -0.544 e. The molecular weight excluding hydrogens is 207 g/mol. The van der Waals surface area contributed by atoms with Gasteiger partial charge in [-0.25, -0.2) is 4.39 Å². The standard InChI is InChI=1S/C12H17FOSi/c1-5-6-10-9-11(13)7-8-12(10)14-15(2,3)4/h5,7-9H,1,6H2,2-4H3. The molecule has 0 spiro atoms. The van der Waals surface area contributed by atoms with E-state index in [4.69, 9.17) is 4.43 Å². The normalized spacial score (nSPS) is 11.2. The van der Waals surface area contributed by atoms with Crippen molar-refractivity contribution in [3.8, 4) is 5.75 Å². The van der Waals surface area contributed by atoms with Crippen molar-refractivity contribution in [3.63, 3.8) is 0 Å². The molecule has 0 aromatic heterocycles. The number of hydrogen-bond donors (Lipinski definition) is 0. The SMILES string of the molecule is C=CCc1cc(F)ccc1O[Si](C)(C)C. The molecule has 0 amide bonds. The van der Waals surface area contributed by atoms with Gasteiger partial charge < -0.3 is 4.43 Å². The molecule has 0 aliphatic rings. The Hall–Kier alpha value is -1.09. The van der Waals surface area contributed by atoms with Crippen molar-refractivity contribution in [2.75, 3.05) is 0 Å². The second-order valence-corrected chi connectivity index (χ2v) is 8.89. The number of hydrogen-bond acceptors (Lipinski definition) is 1. The lowest BCUT2D eigenvalue weighted by Crippen LogP contribution is -2.29. The highest BCUT2D eigenvalue weighted by atomic mass is 28.4. The molecule has 0 aliphatic heterocycles. The van der Waals surface area contributed by atoms with Crippen molar-refractivity contribution < 1.29 is 8.82 Å². The Morgan fingerprint density at radius 2 is 2.07 bits per heavy atom. The van der Waals surface area contributed by atoms with E-state index in [1.165, 1.54) is 12.1 Å². The van der Waals surface area contributed by atoms with E-state index < -0.39 is 8.32 Å². The third kappa shape index (κ3) is 3.87. The van der Waals surface area contributed by atoms with Gasteiger partial charge in [0.25, 0.3) is 0 Å². The maximum atomic E-state index is 13.0.